The van der Waals surface area contributed by atoms with Crippen molar-refractivity contribution < 1.29 is 14.4 Å². The average Bonchev–Trinajstić information content (AvgIpc) is 3.58. The summed E-state index contributed by atoms with van der Waals surface area (Å²) in [6.45, 7) is 1.82. The lowest BCUT2D eigenvalue weighted by Crippen LogP contribution is -2.49. The predicted molar refractivity (Wildman–Crippen MR) is 126 cm³/mol. The number of aromatic nitrogens is 3. The second-order valence-corrected chi connectivity index (χ2v) is 9.25. The van der Waals surface area contributed by atoms with E-state index in [0.717, 1.165) is 29.4 Å². The lowest BCUT2D eigenvalue weighted by Gasteiger charge is -2.25. The largest absolute Gasteiger partial charge is 0.344 e. The molecule has 0 radical (unpaired) electrons. The molecule has 34 heavy (non-hydrogen) atoms. The van der Waals surface area contributed by atoms with Gasteiger partial charge < -0.3 is 5.32 Å². The van der Waals surface area contributed by atoms with Gasteiger partial charge in [-0.1, -0.05) is 67.2 Å². The van der Waals surface area contributed by atoms with Crippen molar-refractivity contribution in [3.05, 3.63) is 72.1 Å². The predicted octanol–water partition coefficient (Wildman–Crippen LogP) is 3.13. The number of thioether (sulfide) groups is 1. The molecule has 2 aliphatic rings. The van der Waals surface area contributed by atoms with E-state index in [1.807, 2.05) is 60.0 Å². The fraction of sp³-hybridized carbons (Fsp3) is 0.292. The third kappa shape index (κ3) is 3.94. The number of hydrogen-bond donors (Lipinski definition) is 2. The van der Waals surface area contributed by atoms with Gasteiger partial charge in [0.25, 0.3) is 5.91 Å². The lowest BCUT2D eigenvalue weighted by molar-refractivity contribution is -0.138. The molecular formula is C24H24N6O3S. The summed E-state index contributed by atoms with van der Waals surface area (Å²) in [4.78, 5) is 38.5. The SMILES string of the molecule is CC[C@]1(c2ccccc2)NC(=O)N(NC(=O)CSc2nnc(C3CC3)n2-c2ccccc2)C1=O. The highest BCUT2D eigenvalue weighted by Crippen LogP contribution is 2.41. The Hall–Kier alpha value is -3.66. The Morgan fingerprint density at radius 2 is 1.76 bits per heavy atom. The molecule has 0 spiro atoms. The topological polar surface area (TPSA) is 109 Å². The average molecular weight is 477 g/mol. The van der Waals surface area contributed by atoms with Gasteiger partial charge in [-0.2, -0.15) is 5.01 Å². The van der Waals surface area contributed by atoms with Gasteiger partial charge in [0, 0.05) is 11.6 Å². The van der Waals surface area contributed by atoms with Crippen LogP contribution in [0, 0.1) is 0 Å². The van der Waals surface area contributed by atoms with E-state index in [0.29, 0.717) is 23.1 Å². The third-order valence-electron chi connectivity index (χ3n) is 6.07. The van der Waals surface area contributed by atoms with Crippen molar-refractivity contribution in [2.45, 2.75) is 42.8 Å². The van der Waals surface area contributed by atoms with Crippen molar-refractivity contribution in [3.63, 3.8) is 0 Å². The Morgan fingerprint density at radius 3 is 2.41 bits per heavy atom. The number of urea groups is 1. The molecule has 174 valence electrons. The standard InChI is InChI=1S/C24H24N6O3S/c1-2-24(17-9-5-3-6-10-17)21(32)30(22(33)25-24)28-19(31)15-34-23-27-26-20(16-13-14-16)29(23)18-11-7-4-8-12-18/h3-12,16H,2,13-15H2,1H3,(H,25,33)(H,28,31)/t24-/m1/s1. The Morgan fingerprint density at radius 1 is 1.09 bits per heavy atom. The van der Waals surface area contributed by atoms with Gasteiger partial charge in [0.05, 0.1) is 5.75 Å². The van der Waals surface area contributed by atoms with Crippen molar-refractivity contribution in [3.8, 4) is 5.69 Å². The molecule has 1 atom stereocenters. The summed E-state index contributed by atoms with van der Waals surface area (Å²) in [5.74, 6) is 0.245. The minimum Gasteiger partial charge on any atom is -0.318 e. The number of hydrazine groups is 1. The lowest BCUT2D eigenvalue weighted by atomic mass is 9.87. The normalized spacial score (nSPS) is 19.9. The highest BCUT2D eigenvalue weighted by atomic mass is 32.2. The molecule has 0 bridgehead atoms. The van der Waals surface area contributed by atoms with Crippen LogP contribution in [0.2, 0.25) is 0 Å². The van der Waals surface area contributed by atoms with Gasteiger partial charge in [0.1, 0.15) is 11.4 Å². The van der Waals surface area contributed by atoms with Crippen LogP contribution in [0.1, 0.15) is 43.5 Å². The molecular weight excluding hydrogens is 452 g/mol. The summed E-state index contributed by atoms with van der Waals surface area (Å²) >= 11 is 1.21. The molecule has 4 amide bonds. The van der Waals surface area contributed by atoms with Crippen LogP contribution in [0.3, 0.4) is 0 Å². The summed E-state index contributed by atoms with van der Waals surface area (Å²) in [5, 5.41) is 12.8. The van der Waals surface area contributed by atoms with Crippen LogP contribution >= 0.6 is 11.8 Å². The van der Waals surface area contributed by atoms with Crippen molar-refractivity contribution in [1.29, 1.82) is 0 Å². The number of para-hydroxylation sites is 1. The van der Waals surface area contributed by atoms with Crippen LogP contribution in [0.4, 0.5) is 4.79 Å². The highest BCUT2D eigenvalue weighted by Gasteiger charge is 2.52. The van der Waals surface area contributed by atoms with Crippen LogP contribution in [0.5, 0.6) is 0 Å². The molecule has 5 rings (SSSR count). The zero-order valence-electron chi connectivity index (χ0n) is 18.6. The molecule has 10 heteroatoms. The van der Waals surface area contributed by atoms with Crippen molar-refractivity contribution in [2.24, 2.45) is 0 Å². The van der Waals surface area contributed by atoms with E-state index in [1.165, 1.54) is 11.8 Å². The zero-order chi connectivity index (χ0) is 23.7. The van der Waals surface area contributed by atoms with Gasteiger partial charge in [0.2, 0.25) is 5.91 Å². The molecule has 3 aromatic rings. The van der Waals surface area contributed by atoms with E-state index < -0.39 is 23.4 Å². The van der Waals surface area contributed by atoms with E-state index in [1.54, 1.807) is 12.1 Å². The number of nitrogens with one attached hydrogen (secondary N) is 2. The molecule has 2 fully saturated rings. The zero-order valence-corrected chi connectivity index (χ0v) is 19.4. The monoisotopic (exact) mass is 476 g/mol. The van der Waals surface area contributed by atoms with Gasteiger partial charge >= 0.3 is 6.03 Å². The first kappa shape index (κ1) is 22.1. The molecule has 0 unspecified atom stereocenters. The quantitative estimate of drug-likeness (QED) is 0.382. The van der Waals surface area contributed by atoms with Gasteiger partial charge in [-0.25, -0.2) is 4.79 Å². The van der Waals surface area contributed by atoms with Crippen LogP contribution in [0.15, 0.2) is 65.8 Å². The van der Waals surface area contributed by atoms with Crippen LogP contribution in [0.25, 0.3) is 5.69 Å². The molecule has 1 saturated carbocycles. The Kier molecular flexibility index (Phi) is 5.82. The molecule has 1 aliphatic heterocycles. The molecule has 2 N–H and O–H groups in total. The van der Waals surface area contributed by atoms with Gasteiger partial charge in [0.15, 0.2) is 5.16 Å². The van der Waals surface area contributed by atoms with E-state index in [9.17, 15) is 14.4 Å². The number of nitrogens with zero attached hydrogens (tertiary/aromatic N) is 4. The molecule has 1 aliphatic carbocycles. The maximum Gasteiger partial charge on any atom is 0.344 e. The second kappa shape index (κ2) is 8.94. The van der Waals surface area contributed by atoms with E-state index in [-0.39, 0.29) is 5.75 Å². The Bertz CT molecular complexity index is 1230. The Balaban J connectivity index is 1.30. The smallest absolute Gasteiger partial charge is 0.318 e. The number of hydrogen-bond acceptors (Lipinski definition) is 6. The van der Waals surface area contributed by atoms with Crippen LogP contribution < -0.4 is 10.7 Å². The minimum atomic E-state index is -1.20. The summed E-state index contributed by atoms with van der Waals surface area (Å²) in [6.07, 6.45) is 2.50. The first-order valence-corrected chi connectivity index (χ1v) is 12.2. The summed E-state index contributed by atoms with van der Waals surface area (Å²) in [5.41, 5.74) is 2.86. The number of carbonyl (C=O) groups is 3. The highest BCUT2D eigenvalue weighted by molar-refractivity contribution is 7.99. The van der Waals surface area contributed by atoms with E-state index in [4.69, 9.17) is 0 Å². The van der Waals surface area contributed by atoms with E-state index >= 15 is 0 Å². The van der Waals surface area contributed by atoms with Gasteiger partial charge in [-0.05, 0) is 37.0 Å². The van der Waals surface area contributed by atoms with Crippen molar-refractivity contribution in [2.75, 3.05) is 5.75 Å². The van der Waals surface area contributed by atoms with Gasteiger partial charge in [-0.3, -0.25) is 19.6 Å². The minimum absolute atomic E-state index is 0.0306. The summed E-state index contributed by atoms with van der Waals surface area (Å²) < 4.78 is 1.97. The third-order valence-corrected chi connectivity index (χ3v) is 7.00. The molecule has 1 aromatic heterocycles. The molecule has 2 aromatic carbocycles. The Labute approximate surface area is 200 Å². The molecule has 2 heterocycles. The van der Waals surface area contributed by atoms with Crippen LogP contribution in [-0.4, -0.2) is 43.4 Å². The number of rotatable bonds is 8. The molecule has 1 saturated heterocycles. The second-order valence-electron chi connectivity index (χ2n) is 8.31. The fourth-order valence-corrected chi connectivity index (χ4v) is 4.88. The maximum atomic E-state index is 13.2. The maximum absolute atomic E-state index is 13.2. The number of amides is 4. The first-order chi connectivity index (χ1) is 16.5. The van der Waals surface area contributed by atoms with Crippen LogP contribution in [-0.2, 0) is 15.1 Å². The molecule has 9 nitrogen and oxygen atoms in total. The first-order valence-electron chi connectivity index (χ1n) is 11.2. The summed E-state index contributed by atoms with van der Waals surface area (Å²) in [7, 11) is 0. The van der Waals surface area contributed by atoms with Gasteiger partial charge in [-0.15, -0.1) is 10.2 Å². The van der Waals surface area contributed by atoms with E-state index in [2.05, 4.69) is 20.9 Å². The fourth-order valence-electron chi connectivity index (χ4n) is 4.13. The number of benzene rings is 2. The van der Waals surface area contributed by atoms with Crippen molar-refractivity contribution in [1.82, 2.24) is 30.5 Å². The van der Waals surface area contributed by atoms with Crippen molar-refractivity contribution >= 4 is 29.6 Å². The number of imide groups is 1. The number of carbonyl (C=O) groups excluding carboxylic acids is 3. The summed E-state index contributed by atoms with van der Waals surface area (Å²) in [6, 6.07) is 18.1.